The van der Waals surface area contributed by atoms with Crippen LogP contribution in [0.1, 0.15) is 48.6 Å². The standard InChI is InChI=1S/C13H19N5O3/c19-11(10-8-18(17-16-10)9-6-14-7-9)15-13(12(20)21)4-2-1-3-5-13/h8-9,14H,1-7H2,(H,15,19)(H,20,21). The highest BCUT2D eigenvalue weighted by atomic mass is 16.4. The van der Waals surface area contributed by atoms with Gasteiger partial charge in [-0.2, -0.15) is 0 Å². The second-order valence-corrected chi connectivity index (χ2v) is 5.80. The van der Waals surface area contributed by atoms with Gasteiger partial charge in [0.25, 0.3) is 5.91 Å². The van der Waals surface area contributed by atoms with E-state index in [-0.39, 0.29) is 11.7 Å². The molecule has 0 atom stereocenters. The van der Waals surface area contributed by atoms with Gasteiger partial charge in [0, 0.05) is 13.1 Å². The summed E-state index contributed by atoms with van der Waals surface area (Å²) in [6, 6.07) is 0.224. The van der Waals surface area contributed by atoms with E-state index in [4.69, 9.17) is 0 Å². The number of carbonyl (C=O) groups is 2. The van der Waals surface area contributed by atoms with Crippen LogP contribution in [0.4, 0.5) is 0 Å². The summed E-state index contributed by atoms with van der Waals surface area (Å²) in [6.45, 7) is 1.62. The zero-order chi connectivity index (χ0) is 14.9. The molecule has 1 aromatic heterocycles. The van der Waals surface area contributed by atoms with Crippen LogP contribution in [-0.2, 0) is 4.79 Å². The SMILES string of the molecule is O=C(NC1(C(=O)O)CCCCC1)c1cn(C2CNC2)nn1. The maximum atomic E-state index is 12.3. The number of nitrogens with zero attached hydrogens (tertiary/aromatic N) is 3. The molecule has 1 aromatic rings. The molecule has 1 amide bonds. The van der Waals surface area contributed by atoms with Gasteiger partial charge in [-0.25, -0.2) is 9.48 Å². The van der Waals surface area contributed by atoms with E-state index < -0.39 is 17.4 Å². The van der Waals surface area contributed by atoms with Crippen LogP contribution in [0.25, 0.3) is 0 Å². The van der Waals surface area contributed by atoms with E-state index in [1.54, 1.807) is 10.9 Å². The molecule has 3 N–H and O–H groups in total. The molecule has 0 unspecified atom stereocenters. The highest BCUT2D eigenvalue weighted by Gasteiger charge is 2.41. The third-order valence-electron chi connectivity index (χ3n) is 4.35. The van der Waals surface area contributed by atoms with E-state index in [9.17, 15) is 14.7 Å². The van der Waals surface area contributed by atoms with Crippen molar-refractivity contribution in [3.05, 3.63) is 11.9 Å². The van der Waals surface area contributed by atoms with Crippen molar-refractivity contribution in [1.82, 2.24) is 25.6 Å². The Kier molecular flexibility index (Phi) is 3.62. The number of carboxylic acid groups (broad SMARTS) is 1. The molecule has 114 valence electrons. The molecule has 1 saturated heterocycles. The van der Waals surface area contributed by atoms with Gasteiger partial charge in [-0.15, -0.1) is 5.10 Å². The van der Waals surface area contributed by atoms with Crippen LogP contribution in [0.3, 0.4) is 0 Å². The molecule has 8 nitrogen and oxygen atoms in total. The molecular weight excluding hydrogens is 274 g/mol. The zero-order valence-electron chi connectivity index (χ0n) is 11.7. The van der Waals surface area contributed by atoms with Crippen molar-refractivity contribution in [2.75, 3.05) is 13.1 Å². The first-order valence-electron chi connectivity index (χ1n) is 7.29. The fourth-order valence-corrected chi connectivity index (χ4v) is 2.85. The first-order valence-corrected chi connectivity index (χ1v) is 7.29. The maximum absolute atomic E-state index is 12.3. The van der Waals surface area contributed by atoms with Crippen molar-refractivity contribution in [2.45, 2.75) is 43.7 Å². The Labute approximate surface area is 121 Å². The van der Waals surface area contributed by atoms with Crippen LogP contribution in [0.5, 0.6) is 0 Å². The van der Waals surface area contributed by atoms with Gasteiger partial charge in [-0.05, 0) is 12.8 Å². The Hall–Kier alpha value is -1.96. The maximum Gasteiger partial charge on any atom is 0.329 e. The molecule has 1 aliphatic heterocycles. The third-order valence-corrected chi connectivity index (χ3v) is 4.35. The average Bonchev–Trinajstić information content (AvgIpc) is 2.87. The third kappa shape index (κ3) is 2.63. The normalized spacial score (nSPS) is 21.5. The van der Waals surface area contributed by atoms with Gasteiger partial charge < -0.3 is 15.7 Å². The smallest absolute Gasteiger partial charge is 0.329 e. The lowest BCUT2D eigenvalue weighted by atomic mass is 9.81. The molecule has 2 aliphatic rings. The second kappa shape index (κ2) is 5.44. The number of carbonyl (C=O) groups excluding carboxylic acids is 1. The van der Waals surface area contributed by atoms with Gasteiger partial charge in [-0.3, -0.25) is 4.79 Å². The summed E-state index contributed by atoms with van der Waals surface area (Å²) >= 11 is 0. The summed E-state index contributed by atoms with van der Waals surface area (Å²) in [5.74, 6) is -1.43. The fraction of sp³-hybridized carbons (Fsp3) is 0.692. The molecule has 21 heavy (non-hydrogen) atoms. The number of hydrogen-bond acceptors (Lipinski definition) is 5. The van der Waals surface area contributed by atoms with E-state index in [1.165, 1.54) is 0 Å². The minimum atomic E-state index is -1.16. The average molecular weight is 293 g/mol. The summed E-state index contributed by atoms with van der Waals surface area (Å²) < 4.78 is 1.65. The lowest BCUT2D eigenvalue weighted by Gasteiger charge is -2.33. The largest absolute Gasteiger partial charge is 0.480 e. The van der Waals surface area contributed by atoms with Crippen molar-refractivity contribution in [3.63, 3.8) is 0 Å². The predicted octanol–water partition coefficient (Wildman–Crippen LogP) is -0.0603. The molecule has 0 bridgehead atoms. The minimum Gasteiger partial charge on any atom is -0.480 e. The van der Waals surface area contributed by atoms with Crippen molar-refractivity contribution in [1.29, 1.82) is 0 Å². The van der Waals surface area contributed by atoms with Crippen molar-refractivity contribution >= 4 is 11.9 Å². The van der Waals surface area contributed by atoms with E-state index in [1.807, 2.05) is 0 Å². The lowest BCUT2D eigenvalue weighted by molar-refractivity contribution is -0.145. The van der Waals surface area contributed by atoms with Crippen LogP contribution in [-0.4, -0.2) is 50.6 Å². The van der Waals surface area contributed by atoms with E-state index in [2.05, 4.69) is 20.9 Å². The number of hydrogen-bond donors (Lipinski definition) is 3. The summed E-state index contributed by atoms with van der Waals surface area (Å²) in [6.07, 6.45) is 5.15. The summed E-state index contributed by atoms with van der Waals surface area (Å²) in [4.78, 5) is 23.8. The van der Waals surface area contributed by atoms with Crippen molar-refractivity contribution in [2.24, 2.45) is 0 Å². The van der Waals surface area contributed by atoms with E-state index >= 15 is 0 Å². The molecule has 3 rings (SSSR count). The molecule has 8 heteroatoms. The van der Waals surface area contributed by atoms with Gasteiger partial charge in [-0.1, -0.05) is 24.5 Å². The fourth-order valence-electron chi connectivity index (χ4n) is 2.85. The predicted molar refractivity (Wildman–Crippen MR) is 72.8 cm³/mol. The summed E-state index contributed by atoms with van der Waals surface area (Å²) in [7, 11) is 0. The molecule has 2 fully saturated rings. The molecule has 1 saturated carbocycles. The Morgan fingerprint density at radius 2 is 2.05 bits per heavy atom. The number of amides is 1. The molecule has 2 heterocycles. The molecular formula is C13H19N5O3. The first-order chi connectivity index (χ1) is 10.1. The Morgan fingerprint density at radius 3 is 2.62 bits per heavy atom. The topological polar surface area (TPSA) is 109 Å². The van der Waals surface area contributed by atoms with Gasteiger partial charge in [0.2, 0.25) is 0 Å². The van der Waals surface area contributed by atoms with Gasteiger partial charge in [0.1, 0.15) is 5.54 Å². The number of nitrogens with one attached hydrogen (secondary N) is 2. The van der Waals surface area contributed by atoms with Crippen LogP contribution >= 0.6 is 0 Å². The van der Waals surface area contributed by atoms with Crippen molar-refractivity contribution < 1.29 is 14.7 Å². The highest BCUT2D eigenvalue weighted by Crippen LogP contribution is 2.28. The molecule has 0 radical (unpaired) electrons. The van der Waals surface area contributed by atoms with Crippen LogP contribution in [0.15, 0.2) is 6.20 Å². The monoisotopic (exact) mass is 293 g/mol. The number of carboxylic acids is 1. The van der Waals surface area contributed by atoms with Crippen LogP contribution in [0.2, 0.25) is 0 Å². The first kappa shape index (κ1) is 14.0. The van der Waals surface area contributed by atoms with E-state index in [0.717, 1.165) is 32.4 Å². The zero-order valence-corrected chi connectivity index (χ0v) is 11.7. The van der Waals surface area contributed by atoms with Crippen LogP contribution in [0, 0.1) is 0 Å². The minimum absolute atomic E-state index is 0.174. The van der Waals surface area contributed by atoms with Crippen LogP contribution < -0.4 is 10.6 Å². The highest BCUT2D eigenvalue weighted by molar-refractivity contribution is 5.96. The molecule has 0 spiro atoms. The number of rotatable bonds is 4. The summed E-state index contributed by atoms with van der Waals surface area (Å²) in [5.41, 5.74) is -0.981. The Bertz CT molecular complexity index is 546. The molecule has 0 aromatic carbocycles. The number of aliphatic carboxylic acids is 1. The summed E-state index contributed by atoms with van der Waals surface area (Å²) in [5, 5.41) is 23.0. The van der Waals surface area contributed by atoms with Crippen molar-refractivity contribution in [3.8, 4) is 0 Å². The van der Waals surface area contributed by atoms with Gasteiger partial charge in [0.15, 0.2) is 5.69 Å². The van der Waals surface area contributed by atoms with E-state index in [0.29, 0.717) is 12.8 Å². The quantitative estimate of drug-likeness (QED) is 0.717. The second-order valence-electron chi connectivity index (χ2n) is 5.80. The lowest BCUT2D eigenvalue weighted by Crippen LogP contribution is -2.55. The Morgan fingerprint density at radius 1 is 1.33 bits per heavy atom. The van der Waals surface area contributed by atoms with Gasteiger partial charge >= 0.3 is 5.97 Å². The van der Waals surface area contributed by atoms with Gasteiger partial charge in [0.05, 0.1) is 12.2 Å². The Balaban J connectivity index is 1.71. The number of aromatic nitrogens is 3. The molecule has 1 aliphatic carbocycles.